The summed E-state index contributed by atoms with van der Waals surface area (Å²) in [7, 11) is 0. The Bertz CT molecular complexity index is 1190. The van der Waals surface area contributed by atoms with Gasteiger partial charge in [-0.1, -0.05) is 32.4 Å². The Hall–Kier alpha value is -3.05. The average Bonchev–Trinajstić information content (AvgIpc) is 3.25. The van der Waals surface area contributed by atoms with E-state index in [1.165, 1.54) is 22.4 Å². The number of fused-ring (bicyclic) bond motifs is 2. The van der Waals surface area contributed by atoms with Crippen molar-refractivity contribution in [2.75, 3.05) is 42.5 Å². The fourth-order valence-corrected chi connectivity index (χ4v) is 5.20. The molecule has 3 heterocycles. The standard InChI is InChI=1S/C29H35N3O2/c1-4-6-13-32-26-10-9-25(31-14-11-30-12-15-31)18-23(26)17-24-19-27(34-28(24)29(32)33)22-8-7-21(5-2)20(3)16-22/h7-10,16,18-19,30H,4-6,11-15,17H2,1-3H3. The van der Waals surface area contributed by atoms with Crippen LogP contribution in [0.2, 0.25) is 0 Å². The minimum Gasteiger partial charge on any atom is -0.451 e. The number of nitrogens with zero attached hydrogens (tertiary/aromatic N) is 2. The molecule has 2 aliphatic rings. The highest BCUT2D eigenvalue weighted by Gasteiger charge is 2.31. The summed E-state index contributed by atoms with van der Waals surface area (Å²) in [6.07, 6.45) is 3.72. The summed E-state index contributed by atoms with van der Waals surface area (Å²) in [5.41, 5.74) is 8.07. The van der Waals surface area contributed by atoms with Crippen LogP contribution in [0.1, 0.15) is 59.5 Å². The number of anilines is 2. The summed E-state index contributed by atoms with van der Waals surface area (Å²) in [4.78, 5) is 18.1. The second-order valence-electron chi connectivity index (χ2n) is 9.50. The zero-order valence-corrected chi connectivity index (χ0v) is 20.6. The third kappa shape index (κ3) is 4.25. The number of carbonyl (C=O) groups excluding carboxylic acids is 1. The first kappa shape index (κ1) is 22.7. The van der Waals surface area contributed by atoms with Crippen LogP contribution < -0.4 is 15.1 Å². The summed E-state index contributed by atoms with van der Waals surface area (Å²) in [5.74, 6) is 1.25. The van der Waals surface area contributed by atoms with Gasteiger partial charge in [-0.2, -0.15) is 0 Å². The Morgan fingerprint density at radius 3 is 2.56 bits per heavy atom. The zero-order chi connectivity index (χ0) is 23.7. The number of unbranched alkanes of at least 4 members (excludes halogenated alkanes) is 1. The smallest absolute Gasteiger partial charge is 0.294 e. The van der Waals surface area contributed by atoms with E-state index in [2.05, 4.69) is 73.5 Å². The topological polar surface area (TPSA) is 48.7 Å². The monoisotopic (exact) mass is 457 g/mol. The largest absolute Gasteiger partial charge is 0.451 e. The first-order chi connectivity index (χ1) is 16.6. The van der Waals surface area contributed by atoms with E-state index in [1.807, 2.05) is 4.90 Å². The number of hydrogen-bond donors (Lipinski definition) is 1. The quantitative estimate of drug-likeness (QED) is 0.525. The number of rotatable bonds is 6. The van der Waals surface area contributed by atoms with E-state index in [0.29, 0.717) is 18.7 Å². The summed E-state index contributed by atoms with van der Waals surface area (Å²) < 4.78 is 6.29. The number of amides is 1. The Kier molecular flexibility index (Phi) is 6.46. The lowest BCUT2D eigenvalue weighted by atomic mass is 10.0. The maximum Gasteiger partial charge on any atom is 0.294 e. The summed E-state index contributed by atoms with van der Waals surface area (Å²) in [5, 5.41) is 3.43. The summed E-state index contributed by atoms with van der Waals surface area (Å²) >= 11 is 0. The van der Waals surface area contributed by atoms with Crippen LogP contribution >= 0.6 is 0 Å². The first-order valence-corrected chi connectivity index (χ1v) is 12.7. The van der Waals surface area contributed by atoms with Gasteiger partial charge in [-0.15, -0.1) is 0 Å². The molecule has 0 radical (unpaired) electrons. The fraction of sp³-hybridized carbons (Fsp3) is 0.414. The lowest BCUT2D eigenvalue weighted by Gasteiger charge is -2.31. The van der Waals surface area contributed by atoms with Gasteiger partial charge in [0.25, 0.3) is 5.91 Å². The lowest BCUT2D eigenvalue weighted by molar-refractivity contribution is 0.0960. The van der Waals surface area contributed by atoms with Gasteiger partial charge in [-0.05, 0) is 66.8 Å². The molecule has 0 saturated carbocycles. The number of nitrogens with one attached hydrogen (secondary N) is 1. The Balaban J connectivity index is 1.55. The zero-order valence-electron chi connectivity index (χ0n) is 20.6. The van der Waals surface area contributed by atoms with Crippen LogP contribution in [0.3, 0.4) is 0 Å². The van der Waals surface area contributed by atoms with Gasteiger partial charge in [0.15, 0.2) is 5.76 Å². The van der Waals surface area contributed by atoms with Crippen molar-refractivity contribution in [2.24, 2.45) is 0 Å². The summed E-state index contributed by atoms with van der Waals surface area (Å²) in [6, 6.07) is 15.1. The molecule has 0 atom stereocenters. The lowest BCUT2D eigenvalue weighted by Crippen LogP contribution is -2.43. The van der Waals surface area contributed by atoms with Gasteiger partial charge in [0.1, 0.15) is 5.76 Å². The van der Waals surface area contributed by atoms with Crippen LogP contribution in [-0.2, 0) is 12.8 Å². The van der Waals surface area contributed by atoms with Gasteiger partial charge in [-0.25, -0.2) is 0 Å². The number of piperazine rings is 1. The Labute approximate surface area is 202 Å². The van der Waals surface area contributed by atoms with Crippen molar-refractivity contribution in [3.05, 3.63) is 70.5 Å². The molecule has 178 valence electrons. The van der Waals surface area contributed by atoms with Gasteiger partial charge < -0.3 is 19.5 Å². The Morgan fingerprint density at radius 1 is 1.00 bits per heavy atom. The molecule has 1 saturated heterocycles. The van der Waals surface area contributed by atoms with E-state index >= 15 is 0 Å². The number of aryl methyl sites for hydroxylation is 2. The fourth-order valence-electron chi connectivity index (χ4n) is 5.20. The highest BCUT2D eigenvalue weighted by molar-refractivity contribution is 6.07. The van der Waals surface area contributed by atoms with Crippen molar-refractivity contribution >= 4 is 17.3 Å². The molecule has 0 spiro atoms. The van der Waals surface area contributed by atoms with Crippen molar-refractivity contribution in [3.63, 3.8) is 0 Å². The number of benzene rings is 2. The van der Waals surface area contributed by atoms with E-state index in [-0.39, 0.29) is 5.91 Å². The molecule has 0 bridgehead atoms. The predicted octanol–water partition coefficient (Wildman–Crippen LogP) is 5.58. The van der Waals surface area contributed by atoms with Crippen LogP contribution in [0.25, 0.3) is 11.3 Å². The van der Waals surface area contributed by atoms with E-state index in [1.54, 1.807) is 0 Å². The van der Waals surface area contributed by atoms with Crippen LogP contribution in [0, 0.1) is 6.92 Å². The van der Waals surface area contributed by atoms with E-state index < -0.39 is 0 Å². The normalized spacial score (nSPS) is 15.8. The predicted molar refractivity (Wildman–Crippen MR) is 139 cm³/mol. The van der Waals surface area contributed by atoms with Gasteiger partial charge >= 0.3 is 0 Å². The van der Waals surface area contributed by atoms with Gasteiger partial charge in [0, 0.05) is 61.6 Å². The molecule has 1 fully saturated rings. The number of carbonyl (C=O) groups is 1. The van der Waals surface area contributed by atoms with Crippen LogP contribution in [-0.4, -0.2) is 38.6 Å². The molecule has 0 unspecified atom stereocenters. The molecule has 1 N–H and O–H groups in total. The van der Waals surface area contributed by atoms with Gasteiger partial charge in [0.2, 0.25) is 0 Å². The first-order valence-electron chi connectivity index (χ1n) is 12.7. The molecular weight excluding hydrogens is 422 g/mol. The van der Waals surface area contributed by atoms with Crippen LogP contribution in [0.5, 0.6) is 0 Å². The molecule has 5 rings (SSSR count). The SMILES string of the molecule is CCCCN1C(=O)c2oc(-c3ccc(CC)c(C)c3)cc2Cc2cc(N3CCNCC3)ccc21. The van der Waals surface area contributed by atoms with E-state index in [4.69, 9.17) is 4.42 Å². The van der Waals surface area contributed by atoms with Crippen molar-refractivity contribution < 1.29 is 9.21 Å². The molecule has 34 heavy (non-hydrogen) atoms. The van der Waals surface area contributed by atoms with Crippen LogP contribution in [0.4, 0.5) is 11.4 Å². The van der Waals surface area contributed by atoms with Crippen molar-refractivity contribution in [1.29, 1.82) is 0 Å². The maximum absolute atomic E-state index is 13.7. The van der Waals surface area contributed by atoms with E-state index in [9.17, 15) is 4.79 Å². The minimum absolute atomic E-state index is 0.0229. The number of hydrogen-bond acceptors (Lipinski definition) is 4. The maximum atomic E-state index is 13.7. The van der Waals surface area contributed by atoms with Crippen molar-refractivity contribution in [2.45, 2.75) is 46.5 Å². The van der Waals surface area contributed by atoms with Crippen LogP contribution in [0.15, 0.2) is 46.9 Å². The second kappa shape index (κ2) is 9.67. The second-order valence-corrected chi connectivity index (χ2v) is 9.50. The average molecular weight is 458 g/mol. The molecule has 5 heteroatoms. The number of furan rings is 1. The summed E-state index contributed by atoms with van der Waals surface area (Å²) in [6.45, 7) is 11.2. The Morgan fingerprint density at radius 2 is 1.82 bits per heavy atom. The molecule has 5 nitrogen and oxygen atoms in total. The molecule has 2 aliphatic heterocycles. The molecule has 1 aromatic heterocycles. The third-order valence-corrected chi connectivity index (χ3v) is 7.21. The van der Waals surface area contributed by atoms with Gasteiger partial charge in [0.05, 0.1) is 0 Å². The molecule has 0 aliphatic carbocycles. The highest BCUT2D eigenvalue weighted by Crippen LogP contribution is 2.37. The third-order valence-electron chi connectivity index (χ3n) is 7.21. The minimum atomic E-state index is -0.0229. The van der Waals surface area contributed by atoms with Crippen molar-refractivity contribution in [3.8, 4) is 11.3 Å². The molecule has 2 aromatic carbocycles. The highest BCUT2D eigenvalue weighted by atomic mass is 16.4. The van der Waals surface area contributed by atoms with E-state index in [0.717, 1.165) is 68.0 Å². The molecule has 3 aromatic rings. The molecule has 1 amide bonds. The molecular formula is C29H35N3O2. The van der Waals surface area contributed by atoms with Crippen molar-refractivity contribution in [1.82, 2.24) is 5.32 Å². The van der Waals surface area contributed by atoms with Gasteiger partial charge in [-0.3, -0.25) is 4.79 Å².